The molecule has 7 nitrogen and oxygen atoms in total. The Morgan fingerprint density at radius 2 is 1.81 bits per heavy atom. The van der Waals surface area contributed by atoms with Crippen molar-refractivity contribution in [1.82, 2.24) is 9.79 Å². The van der Waals surface area contributed by atoms with Crippen LogP contribution in [-0.4, -0.2) is 20.2 Å². The van der Waals surface area contributed by atoms with Crippen molar-refractivity contribution in [2.75, 3.05) is 5.23 Å². The summed E-state index contributed by atoms with van der Waals surface area (Å²) in [5, 5.41) is 41.1. The summed E-state index contributed by atoms with van der Waals surface area (Å²) in [5.41, 5.74) is 3.71. The average Bonchev–Trinajstić information content (AvgIpc) is 2.87. The molecule has 26 heavy (non-hydrogen) atoms. The Labute approximate surface area is 150 Å². The second-order valence-electron chi connectivity index (χ2n) is 6.10. The van der Waals surface area contributed by atoms with Gasteiger partial charge >= 0.3 is 0 Å². The average molecular weight is 353 g/mol. The summed E-state index contributed by atoms with van der Waals surface area (Å²) in [6.07, 6.45) is 1.52. The summed E-state index contributed by atoms with van der Waals surface area (Å²) in [5.74, 6) is 0. The Morgan fingerprint density at radius 3 is 2.42 bits per heavy atom. The summed E-state index contributed by atoms with van der Waals surface area (Å²) < 4.78 is 2.06. The molecule has 2 N–H and O–H groups in total. The molecule has 7 heteroatoms. The number of hydrogen-bond donors (Lipinski definition) is 2. The zero-order valence-electron chi connectivity index (χ0n) is 14.5. The zero-order valence-corrected chi connectivity index (χ0v) is 14.5. The lowest BCUT2D eigenvalue weighted by Gasteiger charge is -2.38. The highest BCUT2D eigenvalue weighted by Crippen LogP contribution is 2.32. The van der Waals surface area contributed by atoms with Gasteiger partial charge in [-0.3, -0.25) is 10.4 Å². The Balaban J connectivity index is 2.22. The van der Waals surface area contributed by atoms with E-state index in [4.69, 9.17) is 0 Å². The third-order valence-corrected chi connectivity index (χ3v) is 4.41. The van der Waals surface area contributed by atoms with Crippen molar-refractivity contribution in [1.29, 1.82) is 0 Å². The first kappa shape index (κ1) is 18.0. The summed E-state index contributed by atoms with van der Waals surface area (Å²) in [6.45, 7) is 3.95. The van der Waals surface area contributed by atoms with Gasteiger partial charge in [-0.15, -0.1) is 5.23 Å². The van der Waals surface area contributed by atoms with Gasteiger partial charge < -0.3 is 20.2 Å². The largest absolute Gasteiger partial charge is 0.770 e. The molecule has 1 aromatic heterocycles. The minimum atomic E-state index is -0.436. The minimum Gasteiger partial charge on any atom is -0.770 e. The van der Waals surface area contributed by atoms with Crippen molar-refractivity contribution in [3.8, 4) is 0 Å². The van der Waals surface area contributed by atoms with E-state index in [0.29, 0.717) is 17.5 Å². The molecule has 0 atom stereocenters. The maximum absolute atomic E-state index is 11.1. The molecule has 3 aromatic rings. The van der Waals surface area contributed by atoms with Gasteiger partial charge in [-0.2, -0.15) is 0 Å². The van der Waals surface area contributed by atoms with E-state index in [9.17, 15) is 20.8 Å². The predicted molar refractivity (Wildman–Crippen MR) is 100 cm³/mol. The van der Waals surface area contributed by atoms with Gasteiger partial charge in [-0.05, 0) is 49.4 Å². The molecule has 0 saturated heterocycles. The number of hydrogen-bond acceptors (Lipinski definition) is 6. The van der Waals surface area contributed by atoms with Gasteiger partial charge in [0.1, 0.15) is 0 Å². The van der Waals surface area contributed by atoms with Crippen LogP contribution in [0.2, 0.25) is 0 Å². The van der Waals surface area contributed by atoms with Crippen molar-refractivity contribution in [3.63, 3.8) is 0 Å². The first-order chi connectivity index (χ1) is 12.4. The topological polar surface area (TPSA) is 98.0 Å². The molecule has 0 fully saturated rings. The van der Waals surface area contributed by atoms with Crippen molar-refractivity contribution in [2.24, 2.45) is 0 Å². The molecule has 0 bridgehead atoms. The van der Waals surface area contributed by atoms with Gasteiger partial charge in [0, 0.05) is 28.7 Å². The summed E-state index contributed by atoms with van der Waals surface area (Å²) in [6, 6.07) is 14.9. The van der Waals surface area contributed by atoms with Crippen LogP contribution in [-0.2, 0) is 6.54 Å². The van der Waals surface area contributed by atoms with Crippen molar-refractivity contribution < 1.29 is 10.4 Å². The SMILES string of the molecule is CC(=Cc1c(C)n(Cc2ccccc2)c2ccc(N(O)O)cc12)N([O-])[O-]. The highest BCUT2D eigenvalue weighted by atomic mass is 16.8. The van der Waals surface area contributed by atoms with Crippen LogP contribution >= 0.6 is 0 Å². The number of aromatic nitrogens is 1. The molecule has 1 heterocycles. The highest BCUT2D eigenvalue weighted by Gasteiger charge is 2.15. The fourth-order valence-corrected chi connectivity index (χ4v) is 3.03. The first-order valence-corrected chi connectivity index (χ1v) is 8.06. The van der Waals surface area contributed by atoms with Crippen LogP contribution in [0.4, 0.5) is 5.69 Å². The molecule has 0 amide bonds. The quantitative estimate of drug-likeness (QED) is 0.666. The number of anilines is 1. The van der Waals surface area contributed by atoms with Gasteiger partial charge in [0.25, 0.3) is 0 Å². The van der Waals surface area contributed by atoms with E-state index in [0.717, 1.165) is 16.8 Å². The third-order valence-electron chi connectivity index (χ3n) is 4.41. The second kappa shape index (κ2) is 7.19. The number of nitrogens with zero attached hydrogens (tertiary/aromatic N) is 3. The highest BCUT2D eigenvalue weighted by molar-refractivity contribution is 5.93. The van der Waals surface area contributed by atoms with Crippen LogP contribution in [0.3, 0.4) is 0 Å². The number of allylic oxidation sites excluding steroid dienone is 1. The summed E-state index contributed by atoms with van der Waals surface area (Å²) in [4.78, 5) is 0. The fourth-order valence-electron chi connectivity index (χ4n) is 3.03. The number of fused-ring (bicyclic) bond motifs is 1. The fraction of sp³-hybridized carbons (Fsp3) is 0.158. The normalized spacial score (nSPS) is 11.8. The van der Waals surface area contributed by atoms with Crippen molar-refractivity contribution in [2.45, 2.75) is 20.4 Å². The van der Waals surface area contributed by atoms with Crippen LogP contribution in [0.5, 0.6) is 0 Å². The standard InChI is InChI=1S/C19H19N3O4/c1-13(21(23)24)10-17-14(2)20(12-15-6-4-3-5-7-15)19-9-8-16(22(25)26)11-18(17)19/h3-11,25-26H,12H2,1-2H3/q-2. The van der Waals surface area contributed by atoms with Crippen LogP contribution in [0, 0.1) is 17.3 Å². The van der Waals surface area contributed by atoms with Gasteiger partial charge in [-0.25, -0.2) is 0 Å². The second-order valence-corrected chi connectivity index (χ2v) is 6.10. The first-order valence-electron chi connectivity index (χ1n) is 8.06. The molecular weight excluding hydrogens is 334 g/mol. The lowest BCUT2D eigenvalue weighted by atomic mass is 10.1. The maximum Gasteiger partial charge on any atom is 0.0950 e. The van der Waals surface area contributed by atoms with E-state index in [2.05, 4.69) is 4.57 Å². The van der Waals surface area contributed by atoms with Crippen molar-refractivity contribution >= 4 is 22.7 Å². The maximum atomic E-state index is 11.1. The third kappa shape index (κ3) is 3.42. The van der Waals surface area contributed by atoms with E-state index in [1.54, 1.807) is 18.2 Å². The van der Waals surface area contributed by atoms with E-state index in [1.165, 1.54) is 13.0 Å². The molecule has 0 saturated carbocycles. The minimum absolute atomic E-state index is 0.0158. The lowest BCUT2D eigenvalue weighted by Crippen LogP contribution is -2.10. The Morgan fingerprint density at radius 1 is 1.12 bits per heavy atom. The summed E-state index contributed by atoms with van der Waals surface area (Å²) in [7, 11) is 0. The predicted octanol–water partition coefficient (Wildman–Crippen LogP) is 4.24. The molecule has 0 radical (unpaired) electrons. The molecule has 2 aromatic carbocycles. The van der Waals surface area contributed by atoms with E-state index >= 15 is 0 Å². The Bertz CT molecular complexity index is 946. The lowest BCUT2D eigenvalue weighted by molar-refractivity contribution is 0.0292. The van der Waals surface area contributed by atoms with Gasteiger partial charge in [0.2, 0.25) is 0 Å². The molecule has 136 valence electrons. The van der Waals surface area contributed by atoms with Crippen LogP contribution in [0.25, 0.3) is 17.0 Å². The van der Waals surface area contributed by atoms with Gasteiger partial charge in [0.05, 0.1) is 5.69 Å². The van der Waals surface area contributed by atoms with Crippen LogP contribution < -0.4 is 5.23 Å². The number of hydroxylamine groups is 2. The van der Waals surface area contributed by atoms with Crippen LogP contribution in [0.15, 0.2) is 54.2 Å². The van der Waals surface area contributed by atoms with E-state index in [1.807, 2.05) is 37.3 Å². The molecule has 0 aliphatic rings. The van der Waals surface area contributed by atoms with Crippen molar-refractivity contribution in [3.05, 3.63) is 81.5 Å². The zero-order chi connectivity index (χ0) is 18.8. The van der Waals surface area contributed by atoms with E-state index < -0.39 is 5.23 Å². The van der Waals surface area contributed by atoms with Gasteiger partial charge in [-0.1, -0.05) is 30.3 Å². The monoisotopic (exact) mass is 353 g/mol. The molecule has 0 aliphatic heterocycles. The van der Waals surface area contributed by atoms with Gasteiger partial charge in [0.15, 0.2) is 0 Å². The number of benzene rings is 2. The molecule has 0 unspecified atom stereocenters. The molecule has 0 spiro atoms. The Kier molecular flexibility index (Phi) is 4.97. The van der Waals surface area contributed by atoms with E-state index in [-0.39, 0.29) is 16.6 Å². The van der Waals surface area contributed by atoms with Crippen LogP contribution in [0.1, 0.15) is 23.7 Å². The molecule has 0 aliphatic carbocycles. The summed E-state index contributed by atoms with van der Waals surface area (Å²) >= 11 is 0. The Hall–Kier alpha value is -2.84. The number of rotatable bonds is 5. The smallest absolute Gasteiger partial charge is 0.0950 e. The molecule has 3 rings (SSSR count). The molecular formula is C19H19N3O4-2.